The predicted octanol–water partition coefficient (Wildman–Crippen LogP) is 1.39. The van der Waals surface area contributed by atoms with E-state index < -0.39 is 9.84 Å². The molecular weight excluding hydrogens is 288 g/mol. The number of nitrogens with zero attached hydrogens (tertiary/aromatic N) is 1. The van der Waals surface area contributed by atoms with Crippen molar-refractivity contribution in [2.45, 2.75) is 12.5 Å². The van der Waals surface area contributed by atoms with E-state index in [4.69, 9.17) is 4.74 Å². The molecule has 1 fully saturated rings. The summed E-state index contributed by atoms with van der Waals surface area (Å²) in [6.45, 7) is 1.13. The molecule has 0 spiro atoms. The zero-order valence-electron chi connectivity index (χ0n) is 11.7. The summed E-state index contributed by atoms with van der Waals surface area (Å²) < 4.78 is 28.3. The second kappa shape index (κ2) is 5.99. The van der Waals surface area contributed by atoms with Crippen LogP contribution in [0.5, 0.6) is 5.75 Å². The van der Waals surface area contributed by atoms with E-state index in [1.165, 1.54) is 0 Å². The number of para-hydroxylation sites is 1. The van der Waals surface area contributed by atoms with Gasteiger partial charge < -0.3 is 10.1 Å². The third-order valence-corrected chi connectivity index (χ3v) is 5.37. The Bertz CT molecular complexity index is 731. The Morgan fingerprint density at radius 3 is 3.00 bits per heavy atom. The van der Waals surface area contributed by atoms with Crippen LogP contribution in [0, 0.1) is 0 Å². The summed E-state index contributed by atoms with van der Waals surface area (Å²) in [5.41, 5.74) is 0.944. The Balaban J connectivity index is 1.48. The van der Waals surface area contributed by atoms with E-state index in [0.29, 0.717) is 25.3 Å². The predicted molar refractivity (Wildman–Crippen MR) is 82.3 cm³/mol. The van der Waals surface area contributed by atoms with Crippen LogP contribution in [0.2, 0.25) is 0 Å². The van der Waals surface area contributed by atoms with E-state index in [-0.39, 0.29) is 11.8 Å². The van der Waals surface area contributed by atoms with Crippen molar-refractivity contribution in [3.63, 3.8) is 0 Å². The van der Waals surface area contributed by atoms with Crippen molar-refractivity contribution in [3.05, 3.63) is 36.5 Å². The third-order valence-electron chi connectivity index (χ3n) is 3.60. The van der Waals surface area contributed by atoms with Crippen LogP contribution in [0.3, 0.4) is 0 Å². The van der Waals surface area contributed by atoms with Crippen LogP contribution in [0.15, 0.2) is 36.5 Å². The van der Waals surface area contributed by atoms with Gasteiger partial charge in [0.05, 0.1) is 23.2 Å². The molecule has 1 aliphatic heterocycles. The molecule has 2 heterocycles. The van der Waals surface area contributed by atoms with Gasteiger partial charge in [-0.15, -0.1) is 0 Å². The van der Waals surface area contributed by atoms with Crippen molar-refractivity contribution >= 4 is 20.7 Å². The van der Waals surface area contributed by atoms with E-state index in [9.17, 15) is 8.42 Å². The zero-order valence-corrected chi connectivity index (χ0v) is 12.5. The fourth-order valence-electron chi connectivity index (χ4n) is 2.52. The molecule has 0 aliphatic carbocycles. The van der Waals surface area contributed by atoms with Crippen LogP contribution in [0.4, 0.5) is 0 Å². The van der Waals surface area contributed by atoms with Crippen molar-refractivity contribution < 1.29 is 13.2 Å². The summed E-state index contributed by atoms with van der Waals surface area (Å²) >= 11 is 0. The number of fused-ring (bicyclic) bond motifs is 1. The number of rotatable bonds is 5. The van der Waals surface area contributed by atoms with Gasteiger partial charge in [-0.2, -0.15) is 0 Å². The second-order valence-electron chi connectivity index (χ2n) is 5.27. The zero-order chi connectivity index (χ0) is 14.7. The van der Waals surface area contributed by atoms with Crippen LogP contribution in [0.25, 0.3) is 10.9 Å². The summed E-state index contributed by atoms with van der Waals surface area (Å²) in [7, 11) is -2.82. The summed E-state index contributed by atoms with van der Waals surface area (Å²) in [5, 5.41) is 4.27. The number of pyridine rings is 1. The lowest BCUT2D eigenvalue weighted by atomic mass is 10.2. The molecule has 1 unspecified atom stereocenters. The Morgan fingerprint density at radius 2 is 2.19 bits per heavy atom. The molecule has 1 aromatic carbocycles. The van der Waals surface area contributed by atoms with Crippen LogP contribution in [-0.4, -0.2) is 44.1 Å². The number of nitrogens with one attached hydrogen (secondary N) is 1. The van der Waals surface area contributed by atoms with Gasteiger partial charge in [0, 0.05) is 18.0 Å². The first kappa shape index (κ1) is 14.3. The molecule has 3 rings (SSSR count). The van der Waals surface area contributed by atoms with Crippen molar-refractivity contribution in [1.82, 2.24) is 10.3 Å². The van der Waals surface area contributed by atoms with Crippen LogP contribution < -0.4 is 10.1 Å². The molecule has 6 heteroatoms. The largest absolute Gasteiger partial charge is 0.491 e. The highest BCUT2D eigenvalue weighted by Gasteiger charge is 2.26. The average molecular weight is 306 g/mol. The number of sulfone groups is 1. The van der Waals surface area contributed by atoms with Gasteiger partial charge in [-0.3, -0.25) is 4.98 Å². The second-order valence-corrected chi connectivity index (χ2v) is 7.49. The minimum Gasteiger partial charge on any atom is -0.491 e. The lowest BCUT2D eigenvalue weighted by Gasteiger charge is -2.11. The number of aromatic nitrogens is 1. The highest BCUT2D eigenvalue weighted by atomic mass is 32.2. The van der Waals surface area contributed by atoms with Crippen LogP contribution >= 0.6 is 0 Å². The average Bonchev–Trinajstić information content (AvgIpc) is 2.83. The molecule has 1 saturated heterocycles. The molecule has 5 nitrogen and oxygen atoms in total. The highest BCUT2D eigenvalue weighted by molar-refractivity contribution is 7.91. The third kappa shape index (κ3) is 3.71. The molecule has 1 N–H and O–H groups in total. The Hall–Kier alpha value is -1.66. The van der Waals surface area contributed by atoms with Gasteiger partial charge in [0.2, 0.25) is 0 Å². The molecule has 0 radical (unpaired) electrons. The lowest BCUT2D eigenvalue weighted by molar-refractivity contribution is 0.307. The van der Waals surface area contributed by atoms with Gasteiger partial charge in [-0.05, 0) is 18.6 Å². The quantitative estimate of drug-likeness (QED) is 0.846. The first-order valence-corrected chi connectivity index (χ1v) is 8.86. The Morgan fingerprint density at radius 1 is 1.33 bits per heavy atom. The van der Waals surface area contributed by atoms with Gasteiger partial charge in [0.25, 0.3) is 0 Å². The topological polar surface area (TPSA) is 68.3 Å². The molecule has 112 valence electrons. The minimum atomic E-state index is -2.82. The summed E-state index contributed by atoms with van der Waals surface area (Å²) in [6.07, 6.45) is 2.40. The van der Waals surface area contributed by atoms with Crippen molar-refractivity contribution in [2.75, 3.05) is 24.7 Å². The summed E-state index contributed by atoms with van der Waals surface area (Å²) in [4.78, 5) is 4.33. The first-order chi connectivity index (χ1) is 10.1. The van der Waals surface area contributed by atoms with E-state index in [1.54, 1.807) is 6.20 Å². The van der Waals surface area contributed by atoms with Crippen LogP contribution in [0.1, 0.15) is 6.42 Å². The molecular formula is C15H18N2O3S. The maximum Gasteiger partial charge on any atom is 0.151 e. The number of hydrogen-bond donors (Lipinski definition) is 1. The number of hydrogen-bond acceptors (Lipinski definition) is 5. The molecule has 2 aromatic rings. The van der Waals surface area contributed by atoms with Gasteiger partial charge in [0.1, 0.15) is 12.4 Å². The standard InChI is InChI=1S/C15H18N2O3S/c18-21(19)8-5-13(11-21)16-6-7-20-14-9-12-3-1-2-4-15(12)17-10-14/h1-4,9-10,13,16H,5-8,11H2. The maximum absolute atomic E-state index is 11.3. The van der Waals surface area contributed by atoms with E-state index in [0.717, 1.165) is 16.7 Å². The number of benzene rings is 1. The van der Waals surface area contributed by atoms with E-state index >= 15 is 0 Å². The fourth-order valence-corrected chi connectivity index (χ4v) is 4.23. The Kier molecular flexibility index (Phi) is 4.07. The fraction of sp³-hybridized carbons (Fsp3) is 0.400. The van der Waals surface area contributed by atoms with Gasteiger partial charge >= 0.3 is 0 Å². The molecule has 1 atom stereocenters. The molecule has 0 amide bonds. The van der Waals surface area contributed by atoms with Gasteiger partial charge in [0.15, 0.2) is 9.84 Å². The maximum atomic E-state index is 11.3. The van der Waals surface area contributed by atoms with Crippen molar-refractivity contribution in [3.8, 4) is 5.75 Å². The van der Waals surface area contributed by atoms with Gasteiger partial charge in [-0.1, -0.05) is 18.2 Å². The summed E-state index contributed by atoms with van der Waals surface area (Å²) in [6, 6.07) is 9.90. The smallest absolute Gasteiger partial charge is 0.151 e. The first-order valence-electron chi connectivity index (χ1n) is 7.04. The SMILES string of the molecule is O=S1(=O)CCC(NCCOc2cnc3ccccc3c2)C1. The lowest BCUT2D eigenvalue weighted by Crippen LogP contribution is -2.33. The van der Waals surface area contributed by atoms with E-state index in [2.05, 4.69) is 10.3 Å². The normalized spacial score (nSPS) is 20.7. The summed E-state index contributed by atoms with van der Waals surface area (Å²) in [5.74, 6) is 1.26. The van der Waals surface area contributed by atoms with Gasteiger partial charge in [-0.25, -0.2) is 8.42 Å². The monoisotopic (exact) mass is 306 g/mol. The van der Waals surface area contributed by atoms with Crippen molar-refractivity contribution in [2.24, 2.45) is 0 Å². The molecule has 1 aliphatic rings. The molecule has 0 bridgehead atoms. The number of ether oxygens (including phenoxy) is 1. The van der Waals surface area contributed by atoms with E-state index in [1.807, 2.05) is 30.3 Å². The molecule has 21 heavy (non-hydrogen) atoms. The Labute approximate surface area is 124 Å². The van der Waals surface area contributed by atoms with Crippen LogP contribution in [-0.2, 0) is 9.84 Å². The van der Waals surface area contributed by atoms with Crippen molar-refractivity contribution in [1.29, 1.82) is 0 Å². The minimum absolute atomic E-state index is 0.0633. The highest BCUT2D eigenvalue weighted by Crippen LogP contribution is 2.17. The molecule has 1 aromatic heterocycles. The molecule has 0 saturated carbocycles.